The summed E-state index contributed by atoms with van der Waals surface area (Å²) < 4.78 is 3.75. The first kappa shape index (κ1) is 14.8. The van der Waals surface area contributed by atoms with E-state index in [1.165, 1.54) is 11.1 Å². The van der Waals surface area contributed by atoms with Crippen molar-refractivity contribution in [1.82, 2.24) is 29.4 Å². The summed E-state index contributed by atoms with van der Waals surface area (Å²) >= 11 is 0. The molecule has 0 amide bonds. The lowest BCUT2D eigenvalue weighted by Gasteiger charge is -2.06. The summed E-state index contributed by atoms with van der Waals surface area (Å²) in [4.78, 5) is 4.64. The first-order chi connectivity index (χ1) is 12.7. The largest absolute Gasteiger partial charge is 0.265 e. The Morgan fingerprint density at radius 2 is 1.69 bits per heavy atom. The lowest BCUT2D eigenvalue weighted by Crippen LogP contribution is -2.00. The molecule has 0 unspecified atom stereocenters. The molecule has 0 saturated carbocycles. The lowest BCUT2D eigenvalue weighted by atomic mass is 10.1. The summed E-state index contributed by atoms with van der Waals surface area (Å²) in [6, 6.07) is 16.3. The van der Waals surface area contributed by atoms with Crippen molar-refractivity contribution in [3.63, 3.8) is 0 Å². The first-order valence-electron chi connectivity index (χ1n) is 8.43. The molecule has 5 aromatic rings. The SMILES string of the molecule is Cc1ccc(-n2ncc3c2ncn2c(-c4ccccc4)nnc32)cc1C. The van der Waals surface area contributed by atoms with Crippen LogP contribution >= 0.6 is 0 Å². The van der Waals surface area contributed by atoms with Crippen LogP contribution in [0.15, 0.2) is 61.1 Å². The average molecular weight is 340 g/mol. The zero-order valence-corrected chi connectivity index (χ0v) is 14.5. The molecule has 5 rings (SSSR count). The molecule has 126 valence electrons. The van der Waals surface area contributed by atoms with Crippen LogP contribution < -0.4 is 0 Å². The monoisotopic (exact) mass is 340 g/mol. The van der Waals surface area contributed by atoms with Gasteiger partial charge in [0.2, 0.25) is 0 Å². The minimum atomic E-state index is 0.754. The van der Waals surface area contributed by atoms with Crippen molar-refractivity contribution in [3.8, 4) is 17.1 Å². The number of aryl methyl sites for hydroxylation is 2. The van der Waals surface area contributed by atoms with Gasteiger partial charge in [-0.25, -0.2) is 9.67 Å². The van der Waals surface area contributed by atoms with Gasteiger partial charge >= 0.3 is 0 Å². The van der Waals surface area contributed by atoms with Crippen molar-refractivity contribution in [3.05, 3.63) is 72.2 Å². The number of hydrogen-bond donors (Lipinski definition) is 0. The second-order valence-electron chi connectivity index (χ2n) is 6.39. The second-order valence-corrected chi connectivity index (χ2v) is 6.39. The Balaban J connectivity index is 1.72. The molecule has 0 aliphatic heterocycles. The Morgan fingerprint density at radius 3 is 2.50 bits per heavy atom. The Labute approximate surface area is 149 Å². The van der Waals surface area contributed by atoms with Crippen LogP contribution in [0.4, 0.5) is 0 Å². The molecular weight excluding hydrogens is 324 g/mol. The van der Waals surface area contributed by atoms with E-state index >= 15 is 0 Å². The Kier molecular flexibility index (Phi) is 3.12. The fourth-order valence-corrected chi connectivity index (χ4v) is 3.15. The highest BCUT2D eigenvalue weighted by atomic mass is 15.3. The Morgan fingerprint density at radius 1 is 0.846 bits per heavy atom. The van der Waals surface area contributed by atoms with Crippen LogP contribution in [0.25, 0.3) is 33.8 Å². The van der Waals surface area contributed by atoms with Gasteiger partial charge in [0.1, 0.15) is 6.33 Å². The predicted octanol–water partition coefficient (Wildman–Crippen LogP) is 3.75. The molecule has 0 aliphatic rings. The van der Waals surface area contributed by atoms with Gasteiger partial charge in [-0.3, -0.25) is 4.40 Å². The average Bonchev–Trinajstić information content (AvgIpc) is 3.28. The molecular formula is C20H16N6. The lowest BCUT2D eigenvalue weighted by molar-refractivity contribution is 0.891. The maximum atomic E-state index is 4.64. The van der Waals surface area contributed by atoms with Crippen molar-refractivity contribution in [2.45, 2.75) is 13.8 Å². The molecule has 0 spiro atoms. The van der Waals surface area contributed by atoms with Gasteiger partial charge in [0.05, 0.1) is 17.3 Å². The maximum Gasteiger partial charge on any atom is 0.175 e. The standard InChI is InChI=1S/C20H16N6/c1-13-8-9-16(10-14(13)2)26-19-17(11-22-26)20-24-23-18(25(20)12-21-19)15-6-4-3-5-7-15/h3-12H,1-2H3. The topological polar surface area (TPSA) is 60.9 Å². The highest BCUT2D eigenvalue weighted by Crippen LogP contribution is 2.24. The minimum absolute atomic E-state index is 0.754. The van der Waals surface area contributed by atoms with Gasteiger partial charge < -0.3 is 0 Å². The maximum absolute atomic E-state index is 4.64. The molecule has 3 aromatic heterocycles. The number of aromatic nitrogens is 6. The van der Waals surface area contributed by atoms with Crippen LogP contribution in [-0.2, 0) is 0 Å². The van der Waals surface area contributed by atoms with E-state index in [0.29, 0.717) is 0 Å². The smallest absolute Gasteiger partial charge is 0.175 e. The molecule has 0 aliphatic carbocycles. The summed E-state index contributed by atoms with van der Waals surface area (Å²) in [5.41, 5.74) is 5.99. The third-order valence-electron chi connectivity index (χ3n) is 4.74. The molecule has 0 bridgehead atoms. The summed E-state index contributed by atoms with van der Waals surface area (Å²) in [6.07, 6.45) is 3.57. The molecule has 0 atom stereocenters. The van der Waals surface area contributed by atoms with Crippen LogP contribution in [0.3, 0.4) is 0 Å². The normalized spacial score (nSPS) is 11.5. The van der Waals surface area contributed by atoms with Crippen molar-refractivity contribution in [1.29, 1.82) is 0 Å². The van der Waals surface area contributed by atoms with Crippen LogP contribution in [-0.4, -0.2) is 29.4 Å². The van der Waals surface area contributed by atoms with Crippen molar-refractivity contribution in [2.75, 3.05) is 0 Å². The molecule has 26 heavy (non-hydrogen) atoms. The minimum Gasteiger partial charge on any atom is -0.265 e. The van der Waals surface area contributed by atoms with Crippen molar-refractivity contribution >= 4 is 16.7 Å². The van der Waals surface area contributed by atoms with Crippen molar-refractivity contribution < 1.29 is 0 Å². The quantitative estimate of drug-likeness (QED) is 0.491. The number of hydrogen-bond acceptors (Lipinski definition) is 4. The van der Waals surface area contributed by atoms with Gasteiger partial charge in [0, 0.05) is 5.56 Å². The van der Waals surface area contributed by atoms with Gasteiger partial charge in [0.25, 0.3) is 0 Å². The summed E-state index contributed by atoms with van der Waals surface area (Å²) in [6.45, 7) is 4.20. The van der Waals surface area contributed by atoms with Gasteiger partial charge in [-0.15, -0.1) is 10.2 Å². The van der Waals surface area contributed by atoms with E-state index in [0.717, 1.165) is 33.8 Å². The molecule has 2 aromatic carbocycles. The fourth-order valence-electron chi connectivity index (χ4n) is 3.15. The Hall–Kier alpha value is -3.54. The molecule has 0 fully saturated rings. The summed E-state index contributed by atoms with van der Waals surface area (Å²) in [7, 11) is 0. The summed E-state index contributed by atoms with van der Waals surface area (Å²) in [5.74, 6) is 0.772. The van der Waals surface area contributed by atoms with Crippen LogP contribution in [0.1, 0.15) is 11.1 Å². The third-order valence-corrected chi connectivity index (χ3v) is 4.74. The van der Waals surface area contributed by atoms with Crippen molar-refractivity contribution in [2.24, 2.45) is 0 Å². The van der Waals surface area contributed by atoms with Gasteiger partial charge in [-0.2, -0.15) is 5.10 Å². The third kappa shape index (κ3) is 2.12. The van der Waals surface area contributed by atoms with E-state index in [2.05, 4.69) is 52.3 Å². The molecule has 0 saturated heterocycles. The van der Waals surface area contributed by atoms with E-state index in [4.69, 9.17) is 0 Å². The molecule has 0 radical (unpaired) electrons. The molecule has 6 nitrogen and oxygen atoms in total. The molecule has 3 heterocycles. The van der Waals surface area contributed by atoms with E-state index < -0.39 is 0 Å². The highest BCUT2D eigenvalue weighted by Gasteiger charge is 2.15. The van der Waals surface area contributed by atoms with Crippen LogP contribution in [0, 0.1) is 13.8 Å². The summed E-state index contributed by atoms with van der Waals surface area (Å²) in [5, 5.41) is 14.2. The number of nitrogens with zero attached hydrogens (tertiary/aromatic N) is 6. The number of benzene rings is 2. The zero-order chi connectivity index (χ0) is 17.7. The van der Waals surface area contributed by atoms with Gasteiger partial charge in [0.15, 0.2) is 17.1 Å². The van der Waals surface area contributed by atoms with Crippen LogP contribution in [0.5, 0.6) is 0 Å². The second kappa shape index (κ2) is 5.49. The number of fused-ring (bicyclic) bond motifs is 3. The predicted molar refractivity (Wildman–Crippen MR) is 100 cm³/mol. The fraction of sp³-hybridized carbons (Fsp3) is 0.100. The highest BCUT2D eigenvalue weighted by molar-refractivity contribution is 5.90. The van der Waals surface area contributed by atoms with E-state index in [1.807, 2.05) is 39.4 Å². The first-order valence-corrected chi connectivity index (χ1v) is 8.43. The Bertz CT molecular complexity index is 1250. The van der Waals surface area contributed by atoms with E-state index in [1.54, 1.807) is 12.5 Å². The zero-order valence-electron chi connectivity index (χ0n) is 14.5. The van der Waals surface area contributed by atoms with E-state index in [-0.39, 0.29) is 0 Å². The molecule has 6 heteroatoms. The van der Waals surface area contributed by atoms with Gasteiger partial charge in [-0.05, 0) is 37.1 Å². The van der Waals surface area contributed by atoms with E-state index in [9.17, 15) is 0 Å². The van der Waals surface area contributed by atoms with Crippen LogP contribution in [0.2, 0.25) is 0 Å². The van der Waals surface area contributed by atoms with Gasteiger partial charge in [-0.1, -0.05) is 36.4 Å². The number of rotatable bonds is 2. The molecule has 0 N–H and O–H groups in total.